The first-order valence-electron chi connectivity index (χ1n) is 6.97. The number of hydrogen-bond donors (Lipinski definition) is 0. The Kier molecular flexibility index (Phi) is 2.80. The maximum Gasteiger partial charge on any atom is 0.224 e. The molecular weight excluding hydrogens is 291 g/mol. The molecule has 0 saturated heterocycles. The molecule has 1 unspecified atom stereocenters. The first kappa shape index (κ1) is 12.6. The zero-order valence-corrected chi connectivity index (χ0v) is 12.5. The number of fused-ring (bicyclic) bond motifs is 3. The lowest BCUT2D eigenvalue weighted by atomic mass is 9.70. The highest BCUT2D eigenvalue weighted by Gasteiger charge is 2.42. The zero-order chi connectivity index (χ0) is 13.7. The highest BCUT2D eigenvalue weighted by atomic mass is 35.5. The van der Waals surface area contributed by atoms with Crippen LogP contribution in [0.3, 0.4) is 0 Å². The number of aromatic nitrogens is 2. The van der Waals surface area contributed by atoms with Gasteiger partial charge in [-0.2, -0.15) is 0 Å². The molecule has 2 aromatic rings. The van der Waals surface area contributed by atoms with E-state index >= 15 is 0 Å². The van der Waals surface area contributed by atoms with Gasteiger partial charge in [0, 0.05) is 11.0 Å². The van der Waals surface area contributed by atoms with E-state index in [0.717, 1.165) is 36.9 Å². The largest absolute Gasteiger partial charge is 0.224 e. The van der Waals surface area contributed by atoms with E-state index in [1.165, 1.54) is 17.5 Å². The third-order valence-electron chi connectivity index (χ3n) is 4.84. The maximum absolute atomic E-state index is 6.21. The van der Waals surface area contributed by atoms with Crippen LogP contribution in [-0.4, -0.2) is 9.97 Å². The first-order chi connectivity index (χ1) is 9.68. The maximum atomic E-state index is 6.21. The van der Waals surface area contributed by atoms with Gasteiger partial charge in [-0.3, -0.25) is 0 Å². The topological polar surface area (TPSA) is 25.8 Å². The summed E-state index contributed by atoms with van der Waals surface area (Å²) in [6.45, 7) is 0. The molecule has 2 aliphatic carbocycles. The lowest BCUT2D eigenvalue weighted by Gasteiger charge is -2.35. The van der Waals surface area contributed by atoms with E-state index in [0.29, 0.717) is 5.15 Å². The number of hydrogen-bond acceptors (Lipinski definition) is 2. The predicted octanol–water partition coefficient (Wildman–Crippen LogP) is 4.16. The van der Waals surface area contributed by atoms with Crippen LogP contribution < -0.4 is 0 Å². The summed E-state index contributed by atoms with van der Waals surface area (Å²) in [5.41, 5.74) is 5.34. The van der Waals surface area contributed by atoms with Gasteiger partial charge in [0.05, 0.1) is 5.69 Å². The van der Waals surface area contributed by atoms with Crippen LogP contribution in [0.2, 0.25) is 10.4 Å². The number of halogens is 2. The Bertz CT molecular complexity index is 699. The van der Waals surface area contributed by atoms with Gasteiger partial charge in [0.1, 0.15) is 5.15 Å². The van der Waals surface area contributed by atoms with Crippen LogP contribution in [0.25, 0.3) is 0 Å². The van der Waals surface area contributed by atoms with Gasteiger partial charge in [0.2, 0.25) is 5.28 Å². The Hall–Kier alpha value is -1.12. The minimum Gasteiger partial charge on any atom is -0.223 e. The molecule has 2 nitrogen and oxygen atoms in total. The van der Waals surface area contributed by atoms with Gasteiger partial charge in [-0.1, -0.05) is 35.9 Å². The second kappa shape index (κ2) is 4.44. The van der Waals surface area contributed by atoms with E-state index in [4.69, 9.17) is 23.2 Å². The van der Waals surface area contributed by atoms with Crippen molar-refractivity contribution in [1.29, 1.82) is 0 Å². The molecule has 1 heterocycles. The van der Waals surface area contributed by atoms with Gasteiger partial charge in [-0.05, 0) is 54.8 Å². The molecule has 102 valence electrons. The molecule has 1 spiro atoms. The van der Waals surface area contributed by atoms with Crippen molar-refractivity contribution in [2.24, 2.45) is 0 Å². The number of rotatable bonds is 0. The molecule has 0 amide bonds. The Balaban J connectivity index is 1.81. The predicted molar refractivity (Wildman–Crippen MR) is 80.5 cm³/mol. The van der Waals surface area contributed by atoms with Crippen LogP contribution in [0, 0.1) is 0 Å². The first-order valence-corrected chi connectivity index (χ1v) is 7.73. The van der Waals surface area contributed by atoms with Crippen LogP contribution in [0.4, 0.5) is 0 Å². The third kappa shape index (κ3) is 1.78. The molecule has 1 aromatic carbocycles. The van der Waals surface area contributed by atoms with Crippen molar-refractivity contribution in [2.75, 3.05) is 0 Å². The quantitative estimate of drug-likeness (QED) is 0.539. The fraction of sp³-hybridized carbons (Fsp3) is 0.375. The molecule has 0 radical (unpaired) electrons. The molecule has 0 aliphatic heterocycles. The summed E-state index contributed by atoms with van der Waals surface area (Å²) < 4.78 is 0. The van der Waals surface area contributed by atoms with Crippen molar-refractivity contribution in [1.82, 2.24) is 9.97 Å². The summed E-state index contributed by atoms with van der Waals surface area (Å²) >= 11 is 12.2. The summed E-state index contributed by atoms with van der Waals surface area (Å²) in [6, 6.07) is 8.79. The van der Waals surface area contributed by atoms with Crippen molar-refractivity contribution in [3.63, 3.8) is 0 Å². The molecule has 4 rings (SSSR count). The molecule has 0 N–H and O–H groups in total. The summed E-state index contributed by atoms with van der Waals surface area (Å²) in [5.74, 6) is 0. The Morgan fingerprint density at radius 1 is 1.00 bits per heavy atom. The van der Waals surface area contributed by atoms with E-state index in [1.54, 1.807) is 0 Å². The summed E-state index contributed by atoms with van der Waals surface area (Å²) in [7, 11) is 0. The Morgan fingerprint density at radius 3 is 2.70 bits per heavy atom. The highest BCUT2D eigenvalue weighted by molar-refractivity contribution is 6.32. The molecule has 4 heteroatoms. The average Bonchev–Trinajstić information content (AvgIpc) is 2.77. The molecule has 20 heavy (non-hydrogen) atoms. The zero-order valence-electron chi connectivity index (χ0n) is 11.0. The minimum absolute atomic E-state index is 0.227. The van der Waals surface area contributed by atoms with E-state index < -0.39 is 0 Å². The molecule has 0 saturated carbocycles. The monoisotopic (exact) mass is 304 g/mol. The summed E-state index contributed by atoms with van der Waals surface area (Å²) in [5, 5.41) is 0.790. The van der Waals surface area contributed by atoms with Crippen LogP contribution in [0.5, 0.6) is 0 Å². The van der Waals surface area contributed by atoms with Crippen LogP contribution in [0.15, 0.2) is 24.3 Å². The number of aryl methyl sites for hydroxylation is 1. The van der Waals surface area contributed by atoms with Crippen molar-refractivity contribution in [3.05, 3.63) is 57.1 Å². The third-order valence-corrected chi connectivity index (χ3v) is 5.32. The van der Waals surface area contributed by atoms with Gasteiger partial charge < -0.3 is 0 Å². The van der Waals surface area contributed by atoms with Crippen molar-refractivity contribution < 1.29 is 0 Å². The highest BCUT2D eigenvalue weighted by Crippen LogP contribution is 2.47. The van der Waals surface area contributed by atoms with Crippen LogP contribution in [0.1, 0.15) is 35.2 Å². The van der Waals surface area contributed by atoms with E-state index in [2.05, 4.69) is 34.2 Å². The average molecular weight is 305 g/mol. The summed E-state index contributed by atoms with van der Waals surface area (Å²) in [4.78, 5) is 8.50. The molecule has 2 aliphatic rings. The van der Waals surface area contributed by atoms with E-state index in [-0.39, 0.29) is 10.7 Å². The van der Waals surface area contributed by atoms with Gasteiger partial charge >= 0.3 is 0 Å². The number of nitrogens with zero attached hydrogens (tertiary/aromatic N) is 2. The lowest BCUT2D eigenvalue weighted by Crippen LogP contribution is -2.32. The second-order valence-electron chi connectivity index (χ2n) is 5.82. The lowest BCUT2D eigenvalue weighted by molar-refractivity contribution is 0.363. The standard InChI is InChI=1S/C16H14Cl2N2/c17-14-11-6-8-16(9-13(11)19-15(18)20-14)7-5-10-3-1-2-4-12(10)16/h1-4H,5-9H2. The van der Waals surface area contributed by atoms with Crippen LogP contribution in [-0.2, 0) is 24.7 Å². The molecule has 1 atom stereocenters. The fourth-order valence-corrected chi connectivity index (χ4v) is 4.36. The molecule has 0 bridgehead atoms. The number of benzene rings is 1. The van der Waals surface area contributed by atoms with Crippen molar-refractivity contribution in [3.8, 4) is 0 Å². The fourth-order valence-electron chi connectivity index (χ4n) is 3.85. The van der Waals surface area contributed by atoms with Crippen LogP contribution >= 0.6 is 23.2 Å². The molecule has 0 fully saturated rings. The van der Waals surface area contributed by atoms with Crippen molar-refractivity contribution >= 4 is 23.2 Å². The summed E-state index contributed by atoms with van der Waals surface area (Å²) in [6.07, 6.45) is 5.37. The van der Waals surface area contributed by atoms with Gasteiger partial charge in [-0.15, -0.1) is 0 Å². The normalized spacial score (nSPS) is 23.7. The Labute approximate surface area is 128 Å². The van der Waals surface area contributed by atoms with Gasteiger partial charge in [0.15, 0.2) is 0 Å². The molecular formula is C16H14Cl2N2. The van der Waals surface area contributed by atoms with E-state index in [1.807, 2.05) is 0 Å². The minimum atomic E-state index is 0.227. The SMILES string of the molecule is Clc1nc(Cl)c2c(n1)CC1(CCc3ccccc31)CC2. The second-order valence-corrected chi connectivity index (χ2v) is 6.52. The van der Waals surface area contributed by atoms with Crippen molar-refractivity contribution in [2.45, 2.75) is 37.5 Å². The van der Waals surface area contributed by atoms with E-state index in [9.17, 15) is 0 Å². The molecule has 1 aromatic heterocycles. The van der Waals surface area contributed by atoms with Gasteiger partial charge in [0.25, 0.3) is 0 Å². The van der Waals surface area contributed by atoms with Gasteiger partial charge in [-0.25, -0.2) is 9.97 Å². The smallest absolute Gasteiger partial charge is 0.223 e. The Morgan fingerprint density at radius 2 is 1.80 bits per heavy atom.